The van der Waals surface area contributed by atoms with Crippen LogP contribution in [0.2, 0.25) is 0 Å². The summed E-state index contributed by atoms with van der Waals surface area (Å²) < 4.78 is 11.3. The van der Waals surface area contributed by atoms with Crippen molar-refractivity contribution in [1.82, 2.24) is 20.3 Å². The van der Waals surface area contributed by atoms with Gasteiger partial charge in [-0.3, -0.25) is 0 Å². The van der Waals surface area contributed by atoms with Gasteiger partial charge in [-0.25, -0.2) is 15.0 Å². The van der Waals surface area contributed by atoms with Crippen LogP contribution in [0.5, 0.6) is 11.5 Å². The number of aromatic hydroxyl groups is 1. The maximum atomic E-state index is 11.0. The second-order valence-electron chi connectivity index (χ2n) is 10.5. The molecular formula is C33H40N4O4. The summed E-state index contributed by atoms with van der Waals surface area (Å²) >= 11 is 0. The number of hydrogen-bond acceptors (Lipinski definition) is 8. The van der Waals surface area contributed by atoms with E-state index in [9.17, 15) is 10.2 Å². The van der Waals surface area contributed by atoms with E-state index < -0.39 is 6.10 Å². The predicted octanol–water partition coefficient (Wildman–Crippen LogP) is 5.57. The number of aliphatic hydroxyl groups excluding tert-OH is 1. The largest absolute Gasteiger partial charge is 0.507 e. The average Bonchev–Trinajstić information content (AvgIpc) is 2.94. The van der Waals surface area contributed by atoms with Crippen LogP contribution in [0.15, 0.2) is 54.6 Å². The van der Waals surface area contributed by atoms with E-state index in [1.54, 1.807) is 12.1 Å². The van der Waals surface area contributed by atoms with Gasteiger partial charge in [-0.15, -0.1) is 0 Å². The van der Waals surface area contributed by atoms with Gasteiger partial charge in [0.25, 0.3) is 0 Å². The van der Waals surface area contributed by atoms with Crippen LogP contribution < -0.4 is 10.1 Å². The zero-order chi connectivity index (χ0) is 29.5. The van der Waals surface area contributed by atoms with E-state index in [1.165, 1.54) is 6.07 Å². The highest BCUT2D eigenvalue weighted by Gasteiger charge is 2.18. The molecule has 0 aliphatic rings. The van der Waals surface area contributed by atoms with Crippen molar-refractivity contribution in [2.24, 2.45) is 0 Å². The highest BCUT2D eigenvalue weighted by Crippen LogP contribution is 2.34. The Morgan fingerprint density at radius 3 is 1.76 bits per heavy atom. The Labute approximate surface area is 242 Å². The molecule has 4 rings (SSSR count). The lowest BCUT2D eigenvalue weighted by Gasteiger charge is -2.17. The van der Waals surface area contributed by atoms with Gasteiger partial charge in [-0.1, -0.05) is 54.4 Å². The van der Waals surface area contributed by atoms with Crippen molar-refractivity contribution >= 4 is 0 Å². The van der Waals surface area contributed by atoms with E-state index in [-0.39, 0.29) is 25.0 Å². The molecule has 2 atom stereocenters. The highest BCUT2D eigenvalue weighted by molar-refractivity contribution is 5.72. The fourth-order valence-corrected chi connectivity index (χ4v) is 4.65. The standard InChI is InChI=1S/C33H40N4O4/c1-7-24(34-6)17-40-18-25(38)19-41-26-10-13-29(30(39)16-26)33-36-31(27-11-8-20(2)14-22(27)4)35-32(37-33)28-12-9-21(3)15-23(28)5/h8-16,24-25,34,38-39H,7,17-19H2,1-6H3. The quantitative estimate of drug-likeness (QED) is 0.208. The number of aryl methyl sites for hydroxylation is 4. The van der Waals surface area contributed by atoms with Gasteiger partial charge in [0.05, 0.1) is 18.8 Å². The molecule has 3 aromatic carbocycles. The second-order valence-corrected chi connectivity index (χ2v) is 10.5. The number of rotatable bonds is 12. The average molecular weight is 557 g/mol. The molecule has 0 amide bonds. The number of phenols is 1. The van der Waals surface area contributed by atoms with Crippen molar-refractivity contribution < 1.29 is 19.7 Å². The molecule has 8 nitrogen and oxygen atoms in total. The van der Waals surface area contributed by atoms with Crippen LogP contribution >= 0.6 is 0 Å². The number of phenolic OH excluding ortho intramolecular Hbond substituents is 1. The van der Waals surface area contributed by atoms with Crippen molar-refractivity contribution in [3.05, 3.63) is 76.9 Å². The van der Waals surface area contributed by atoms with Crippen LogP contribution in [0, 0.1) is 27.7 Å². The summed E-state index contributed by atoms with van der Waals surface area (Å²) in [6.07, 6.45) is 0.143. The molecule has 0 saturated heterocycles. The third-order valence-electron chi connectivity index (χ3n) is 7.06. The minimum Gasteiger partial charge on any atom is -0.507 e. The van der Waals surface area contributed by atoms with E-state index >= 15 is 0 Å². The third kappa shape index (κ3) is 7.67. The van der Waals surface area contributed by atoms with Crippen LogP contribution in [0.4, 0.5) is 0 Å². The summed E-state index contributed by atoms with van der Waals surface area (Å²) in [5.74, 6) is 1.82. The number of nitrogens with one attached hydrogen (secondary N) is 1. The summed E-state index contributed by atoms with van der Waals surface area (Å²) in [7, 11) is 1.89. The molecule has 1 heterocycles. The van der Waals surface area contributed by atoms with E-state index in [1.807, 2.05) is 45.2 Å². The SMILES string of the molecule is CCC(COCC(O)COc1ccc(-c2nc(-c3ccc(C)cc3C)nc(-c3ccc(C)cc3C)n2)c(O)c1)NC. The van der Waals surface area contributed by atoms with Gasteiger partial charge in [-0.05, 0) is 64.4 Å². The molecule has 0 aliphatic heterocycles. The van der Waals surface area contributed by atoms with Crippen LogP contribution in [0.25, 0.3) is 34.2 Å². The van der Waals surface area contributed by atoms with Crippen molar-refractivity contribution in [2.75, 3.05) is 26.9 Å². The number of likely N-dealkylation sites (N-methyl/N-ethyl adjacent to an activating group) is 1. The van der Waals surface area contributed by atoms with Crippen molar-refractivity contribution in [1.29, 1.82) is 0 Å². The van der Waals surface area contributed by atoms with E-state index in [2.05, 4.69) is 38.2 Å². The molecule has 3 N–H and O–H groups in total. The fraction of sp³-hybridized carbons (Fsp3) is 0.364. The first-order valence-electron chi connectivity index (χ1n) is 14.0. The molecular weight excluding hydrogens is 516 g/mol. The summed E-state index contributed by atoms with van der Waals surface area (Å²) in [6.45, 7) is 11.0. The number of hydrogen-bond donors (Lipinski definition) is 3. The second kappa shape index (κ2) is 13.7. The van der Waals surface area contributed by atoms with Crippen molar-refractivity contribution in [3.8, 4) is 45.7 Å². The minimum absolute atomic E-state index is 0.0302. The molecule has 0 saturated carbocycles. The Balaban J connectivity index is 1.61. The summed E-state index contributed by atoms with van der Waals surface area (Å²) in [5, 5.41) is 24.4. The van der Waals surface area contributed by atoms with Gasteiger partial charge >= 0.3 is 0 Å². The Morgan fingerprint density at radius 1 is 0.732 bits per heavy atom. The third-order valence-corrected chi connectivity index (χ3v) is 7.06. The van der Waals surface area contributed by atoms with Gasteiger partial charge in [0.2, 0.25) is 0 Å². The van der Waals surface area contributed by atoms with Gasteiger partial charge in [0, 0.05) is 23.2 Å². The normalized spacial score (nSPS) is 12.8. The molecule has 0 spiro atoms. The molecule has 1 aromatic heterocycles. The number of benzene rings is 3. The first kappa shape index (κ1) is 30.1. The Hall–Kier alpha value is -3.85. The van der Waals surface area contributed by atoms with Crippen LogP contribution in [-0.2, 0) is 4.74 Å². The Bertz CT molecular complexity index is 1420. The van der Waals surface area contributed by atoms with E-state index in [0.717, 1.165) is 39.8 Å². The zero-order valence-corrected chi connectivity index (χ0v) is 24.7. The van der Waals surface area contributed by atoms with Gasteiger partial charge in [-0.2, -0.15) is 0 Å². The van der Waals surface area contributed by atoms with E-state index in [4.69, 9.17) is 24.4 Å². The molecule has 0 bridgehead atoms. The van der Waals surface area contributed by atoms with Crippen molar-refractivity contribution in [2.45, 2.75) is 53.2 Å². The van der Waals surface area contributed by atoms with Gasteiger partial charge < -0.3 is 25.0 Å². The first-order valence-corrected chi connectivity index (χ1v) is 14.0. The lowest BCUT2D eigenvalue weighted by Crippen LogP contribution is -2.32. The smallest absolute Gasteiger partial charge is 0.167 e. The minimum atomic E-state index is -0.796. The van der Waals surface area contributed by atoms with Gasteiger partial charge in [0.15, 0.2) is 17.5 Å². The molecule has 41 heavy (non-hydrogen) atoms. The summed E-state index contributed by atoms with van der Waals surface area (Å²) in [4.78, 5) is 14.4. The maximum absolute atomic E-state index is 11.0. The van der Waals surface area contributed by atoms with Crippen molar-refractivity contribution in [3.63, 3.8) is 0 Å². The Morgan fingerprint density at radius 2 is 1.27 bits per heavy atom. The van der Waals surface area contributed by atoms with Gasteiger partial charge in [0.1, 0.15) is 24.2 Å². The first-order chi connectivity index (χ1) is 19.7. The molecule has 0 aliphatic carbocycles. The number of aromatic nitrogens is 3. The van der Waals surface area contributed by atoms with Crippen LogP contribution in [-0.4, -0.2) is 64.2 Å². The molecule has 4 aromatic rings. The van der Waals surface area contributed by atoms with Crippen LogP contribution in [0.3, 0.4) is 0 Å². The number of ether oxygens (including phenoxy) is 2. The highest BCUT2D eigenvalue weighted by atomic mass is 16.5. The molecule has 0 fully saturated rings. The number of nitrogens with zero attached hydrogens (tertiary/aromatic N) is 3. The lowest BCUT2D eigenvalue weighted by molar-refractivity contribution is 0.00550. The molecule has 216 valence electrons. The zero-order valence-electron chi connectivity index (χ0n) is 24.7. The Kier molecular flexibility index (Phi) is 10.0. The molecule has 2 unspecified atom stereocenters. The maximum Gasteiger partial charge on any atom is 0.167 e. The number of aliphatic hydroxyl groups is 1. The topological polar surface area (TPSA) is 110 Å². The molecule has 8 heteroatoms. The predicted molar refractivity (Wildman–Crippen MR) is 162 cm³/mol. The van der Waals surface area contributed by atoms with Crippen LogP contribution in [0.1, 0.15) is 35.6 Å². The summed E-state index contributed by atoms with van der Waals surface area (Å²) in [6, 6.07) is 17.5. The summed E-state index contributed by atoms with van der Waals surface area (Å²) in [5.41, 5.74) is 6.69. The molecule has 0 radical (unpaired) electrons. The fourth-order valence-electron chi connectivity index (χ4n) is 4.65. The van der Waals surface area contributed by atoms with E-state index in [0.29, 0.717) is 35.4 Å². The monoisotopic (exact) mass is 556 g/mol. The lowest BCUT2D eigenvalue weighted by atomic mass is 10.0.